The predicted octanol–water partition coefficient (Wildman–Crippen LogP) is 8.37. The Labute approximate surface area is 260 Å². The first kappa shape index (κ1) is 28.2. The van der Waals surface area contributed by atoms with Crippen LogP contribution in [0.2, 0.25) is 0 Å². The van der Waals surface area contributed by atoms with Gasteiger partial charge in [-0.3, -0.25) is 0 Å². The van der Waals surface area contributed by atoms with E-state index in [0.717, 1.165) is 83.1 Å². The molecule has 2 aliphatic rings. The van der Waals surface area contributed by atoms with Crippen LogP contribution in [0.1, 0.15) is 47.9 Å². The van der Waals surface area contributed by atoms with Crippen LogP contribution in [0, 0.1) is 27.7 Å². The van der Waals surface area contributed by atoms with Crippen molar-refractivity contribution in [3.8, 4) is 45.0 Å². The molecule has 2 aromatic heterocycles. The molecule has 5 aromatic rings. The van der Waals surface area contributed by atoms with E-state index in [-0.39, 0.29) is 0 Å². The number of rotatable bonds is 6. The van der Waals surface area contributed by atoms with E-state index >= 15 is 0 Å². The minimum Gasteiger partial charge on any atom is -0.341 e. The lowest BCUT2D eigenvalue weighted by Gasteiger charge is -2.19. The molecule has 44 heavy (non-hydrogen) atoms. The molecule has 2 saturated heterocycles. The highest BCUT2D eigenvalue weighted by Gasteiger charge is 2.20. The SMILES string of the molecule is Cc1ccc(-c2cc(-c3cccc(-c4cc(-c5ccc(C)c(C)c5)nc(N5CCCC5)n4)c3)nc(N3CCCC3)n2)cc1C. The molecule has 222 valence electrons. The largest absolute Gasteiger partial charge is 0.341 e. The molecular weight excluding hydrogens is 540 g/mol. The zero-order chi connectivity index (χ0) is 30.2. The highest BCUT2D eigenvalue weighted by atomic mass is 15.3. The molecule has 0 bridgehead atoms. The van der Waals surface area contributed by atoms with Crippen LogP contribution in [0.4, 0.5) is 11.9 Å². The molecule has 7 rings (SSSR count). The summed E-state index contributed by atoms with van der Waals surface area (Å²) in [5.74, 6) is 1.63. The first-order chi connectivity index (χ1) is 21.4. The summed E-state index contributed by atoms with van der Waals surface area (Å²) < 4.78 is 0. The van der Waals surface area contributed by atoms with E-state index in [9.17, 15) is 0 Å². The summed E-state index contributed by atoms with van der Waals surface area (Å²) in [7, 11) is 0. The third-order valence-corrected chi connectivity index (χ3v) is 9.27. The van der Waals surface area contributed by atoms with Crippen LogP contribution in [-0.2, 0) is 0 Å². The quantitative estimate of drug-likeness (QED) is 0.201. The number of anilines is 2. The van der Waals surface area contributed by atoms with Crippen LogP contribution in [0.5, 0.6) is 0 Å². The molecule has 0 N–H and O–H groups in total. The molecule has 0 unspecified atom stereocenters. The molecular formula is C38H40N6. The van der Waals surface area contributed by atoms with Crippen molar-refractivity contribution in [2.75, 3.05) is 36.0 Å². The van der Waals surface area contributed by atoms with E-state index in [2.05, 4.69) is 110 Å². The molecule has 0 spiro atoms. The van der Waals surface area contributed by atoms with Crippen LogP contribution in [-0.4, -0.2) is 46.1 Å². The highest BCUT2D eigenvalue weighted by Crippen LogP contribution is 2.33. The normalized spacial score (nSPS) is 14.9. The molecule has 2 fully saturated rings. The molecule has 4 heterocycles. The van der Waals surface area contributed by atoms with Gasteiger partial charge in [-0.05, 0) is 106 Å². The van der Waals surface area contributed by atoms with Crippen molar-refractivity contribution in [1.82, 2.24) is 19.9 Å². The van der Waals surface area contributed by atoms with Gasteiger partial charge in [-0.15, -0.1) is 0 Å². The number of aromatic nitrogens is 4. The number of benzene rings is 3. The van der Waals surface area contributed by atoms with Crippen LogP contribution < -0.4 is 9.80 Å². The molecule has 2 aliphatic heterocycles. The summed E-state index contributed by atoms with van der Waals surface area (Å²) in [6.07, 6.45) is 4.71. The van der Waals surface area contributed by atoms with Gasteiger partial charge in [-0.2, -0.15) is 0 Å². The second-order valence-electron chi connectivity index (χ2n) is 12.4. The number of hydrogen-bond acceptors (Lipinski definition) is 6. The van der Waals surface area contributed by atoms with Gasteiger partial charge < -0.3 is 9.80 Å². The zero-order valence-electron chi connectivity index (χ0n) is 26.3. The molecule has 0 amide bonds. The lowest BCUT2D eigenvalue weighted by atomic mass is 10.0. The lowest BCUT2D eigenvalue weighted by Crippen LogP contribution is -2.21. The van der Waals surface area contributed by atoms with Gasteiger partial charge in [0.2, 0.25) is 11.9 Å². The average molecular weight is 581 g/mol. The van der Waals surface area contributed by atoms with E-state index < -0.39 is 0 Å². The Kier molecular flexibility index (Phi) is 7.59. The fraction of sp³-hybridized carbons (Fsp3) is 0.316. The third-order valence-electron chi connectivity index (χ3n) is 9.27. The first-order valence-electron chi connectivity index (χ1n) is 16.0. The highest BCUT2D eigenvalue weighted by molar-refractivity contribution is 5.76. The minimum atomic E-state index is 0.814. The van der Waals surface area contributed by atoms with Crippen LogP contribution in [0.3, 0.4) is 0 Å². The van der Waals surface area contributed by atoms with Gasteiger partial charge in [-0.25, -0.2) is 19.9 Å². The Bertz CT molecular complexity index is 1700. The number of aryl methyl sites for hydroxylation is 4. The lowest BCUT2D eigenvalue weighted by molar-refractivity contribution is 0.901. The summed E-state index contributed by atoms with van der Waals surface area (Å²) >= 11 is 0. The fourth-order valence-corrected chi connectivity index (χ4v) is 6.22. The molecule has 6 nitrogen and oxygen atoms in total. The Hall–Kier alpha value is -4.58. The Morgan fingerprint density at radius 1 is 0.409 bits per heavy atom. The zero-order valence-corrected chi connectivity index (χ0v) is 26.3. The molecule has 0 radical (unpaired) electrons. The van der Waals surface area contributed by atoms with Gasteiger partial charge in [0.25, 0.3) is 0 Å². The van der Waals surface area contributed by atoms with E-state index in [1.807, 2.05) is 0 Å². The topological polar surface area (TPSA) is 58.0 Å². The van der Waals surface area contributed by atoms with Crippen molar-refractivity contribution in [3.05, 3.63) is 95.1 Å². The van der Waals surface area contributed by atoms with Gasteiger partial charge >= 0.3 is 0 Å². The molecule has 3 aromatic carbocycles. The van der Waals surface area contributed by atoms with Crippen molar-refractivity contribution in [3.63, 3.8) is 0 Å². The maximum Gasteiger partial charge on any atom is 0.226 e. The summed E-state index contributed by atoms with van der Waals surface area (Å²) in [6, 6.07) is 26.1. The van der Waals surface area contributed by atoms with Crippen molar-refractivity contribution in [2.24, 2.45) is 0 Å². The summed E-state index contributed by atoms with van der Waals surface area (Å²) in [4.78, 5) is 25.0. The van der Waals surface area contributed by atoms with Gasteiger partial charge in [0.05, 0.1) is 22.8 Å². The maximum absolute atomic E-state index is 5.12. The summed E-state index contributed by atoms with van der Waals surface area (Å²) in [5.41, 5.74) is 13.3. The molecule has 0 saturated carbocycles. The standard InChI is InChI=1S/C38H40N6/c1-25-12-14-31(20-27(25)3)35-23-33(39-37(41-35)43-16-5-6-17-43)29-10-9-11-30(22-29)34-24-36(32-15-13-26(2)28(4)21-32)42-38(40-34)44-18-7-8-19-44/h9-15,20-24H,5-8,16-19H2,1-4H3. The fourth-order valence-electron chi connectivity index (χ4n) is 6.22. The van der Waals surface area contributed by atoms with Crippen molar-refractivity contribution in [1.29, 1.82) is 0 Å². The second kappa shape index (κ2) is 11.8. The summed E-state index contributed by atoms with van der Waals surface area (Å²) in [5, 5.41) is 0. The van der Waals surface area contributed by atoms with Crippen molar-refractivity contribution >= 4 is 11.9 Å². The van der Waals surface area contributed by atoms with Crippen LogP contribution in [0.25, 0.3) is 45.0 Å². The van der Waals surface area contributed by atoms with Crippen LogP contribution >= 0.6 is 0 Å². The molecule has 6 heteroatoms. The van der Waals surface area contributed by atoms with E-state index in [0.29, 0.717) is 0 Å². The monoisotopic (exact) mass is 580 g/mol. The Morgan fingerprint density at radius 3 is 1.14 bits per heavy atom. The van der Waals surface area contributed by atoms with E-state index in [1.165, 1.54) is 47.9 Å². The number of nitrogens with zero attached hydrogens (tertiary/aromatic N) is 6. The second-order valence-corrected chi connectivity index (χ2v) is 12.4. The van der Waals surface area contributed by atoms with Gasteiger partial charge in [0.15, 0.2) is 0 Å². The Morgan fingerprint density at radius 2 is 0.773 bits per heavy atom. The van der Waals surface area contributed by atoms with Crippen molar-refractivity contribution in [2.45, 2.75) is 53.4 Å². The first-order valence-corrected chi connectivity index (χ1v) is 16.0. The van der Waals surface area contributed by atoms with Gasteiger partial charge in [-0.1, -0.05) is 42.5 Å². The molecule has 0 atom stereocenters. The average Bonchev–Trinajstić information content (AvgIpc) is 3.79. The van der Waals surface area contributed by atoms with E-state index in [4.69, 9.17) is 19.9 Å². The predicted molar refractivity (Wildman–Crippen MR) is 181 cm³/mol. The maximum atomic E-state index is 5.12. The van der Waals surface area contributed by atoms with E-state index in [1.54, 1.807) is 0 Å². The number of hydrogen-bond donors (Lipinski definition) is 0. The molecule has 0 aliphatic carbocycles. The van der Waals surface area contributed by atoms with Gasteiger partial charge in [0, 0.05) is 48.4 Å². The van der Waals surface area contributed by atoms with Gasteiger partial charge in [0.1, 0.15) is 0 Å². The minimum absolute atomic E-state index is 0.814. The van der Waals surface area contributed by atoms with Crippen molar-refractivity contribution < 1.29 is 0 Å². The summed E-state index contributed by atoms with van der Waals surface area (Å²) in [6.45, 7) is 12.6. The Balaban J connectivity index is 1.33. The third kappa shape index (κ3) is 5.69. The smallest absolute Gasteiger partial charge is 0.226 e. The van der Waals surface area contributed by atoms with Crippen LogP contribution in [0.15, 0.2) is 72.8 Å².